The molecule has 0 aromatic carbocycles. The number of nitrogens with zero attached hydrogens (tertiary/aromatic N) is 3. The van der Waals surface area contributed by atoms with Gasteiger partial charge in [0.1, 0.15) is 12.1 Å². The van der Waals surface area contributed by atoms with Gasteiger partial charge >= 0.3 is 6.16 Å². The van der Waals surface area contributed by atoms with Crippen LogP contribution in [-0.4, -0.2) is 27.3 Å². The lowest BCUT2D eigenvalue weighted by atomic mass is 10.5. The van der Waals surface area contributed by atoms with Crippen molar-refractivity contribution >= 4 is 6.16 Å². The maximum absolute atomic E-state index is 11.0. The predicted octanol–water partition coefficient (Wildman–Crippen LogP) is 1.80. The third kappa shape index (κ3) is 2.81. The largest absolute Gasteiger partial charge is 0.515 e. The van der Waals surface area contributed by atoms with E-state index in [4.69, 9.17) is 4.74 Å². The smallest absolute Gasteiger partial charge is 0.434 e. The number of rotatable bonds is 3. The third-order valence-corrected chi connectivity index (χ3v) is 1.92. The van der Waals surface area contributed by atoms with Crippen LogP contribution in [0.1, 0.15) is 6.92 Å². The van der Waals surface area contributed by atoms with Gasteiger partial charge < -0.3 is 9.47 Å². The van der Waals surface area contributed by atoms with Gasteiger partial charge in [-0.05, 0) is 19.1 Å². The summed E-state index contributed by atoms with van der Waals surface area (Å²) in [5.41, 5.74) is 0. The van der Waals surface area contributed by atoms with Crippen LogP contribution in [0.4, 0.5) is 4.79 Å². The van der Waals surface area contributed by atoms with Crippen molar-refractivity contribution in [3.8, 4) is 11.7 Å². The maximum Gasteiger partial charge on any atom is 0.515 e. The molecule has 2 rings (SSSR count). The quantitative estimate of drug-likeness (QED) is 0.756. The number of carbonyl (C=O) groups excluding carboxylic acids is 1. The van der Waals surface area contributed by atoms with Crippen molar-refractivity contribution in [2.24, 2.45) is 0 Å². The van der Waals surface area contributed by atoms with E-state index in [1.165, 1.54) is 6.33 Å². The highest BCUT2D eigenvalue weighted by molar-refractivity contribution is 5.62. The van der Waals surface area contributed by atoms with Crippen LogP contribution in [0.2, 0.25) is 0 Å². The second-order valence-corrected chi connectivity index (χ2v) is 3.09. The monoisotopic (exact) mass is 233 g/mol. The van der Waals surface area contributed by atoms with Gasteiger partial charge in [-0.1, -0.05) is 6.07 Å². The molecule has 0 atom stereocenters. The number of pyridine rings is 1. The molecule has 0 amide bonds. The van der Waals surface area contributed by atoms with Gasteiger partial charge in [-0.15, -0.1) is 0 Å². The molecule has 0 bridgehead atoms. The van der Waals surface area contributed by atoms with Gasteiger partial charge in [-0.3, -0.25) is 4.57 Å². The highest BCUT2D eigenvalue weighted by Crippen LogP contribution is 2.11. The Morgan fingerprint density at radius 2 is 2.29 bits per heavy atom. The molecule has 0 aliphatic heterocycles. The minimum Gasteiger partial charge on any atom is -0.434 e. The Kier molecular flexibility index (Phi) is 3.34. The zero-order valence-electron chi connectivity index (χ0n) is 9.24. The molecule has 0 aliphatic carbocycles. The molecule has 6 nitrogen and oxygen atoms in total. The lowest BCUT2D eigenvalue weighted by Gasteiger charge is -2.00. The molecule has 0 fully saturated rings. The van der Waals surface area contributed by atoms with Gasteiger partial charge in [0.05, 0.1) is 12.8 Å². The number of hydrogen-bond acceptors (Lipinski definition) is 5. The van der Waals surface area contributed by atoms with E-state index in [-0.39, 0.29) is 12.5 Å². The molecule has 2 aromatic rings. The zero-order chi connectivity index (χ0) is 12.1. The van der Waals surface area contributed by atoms with Crippen LogP contribution in [-0.2, 0) is 4.74 Å². The molecule has 17 heavy (non-hydrogen) atoms. The Morgan fingerprint density at radius 1 is 1.41 bits per heavy atom. The average molecular weight is 233 g/mol. The normalized spacial score (nSPS) is 9.94. The minimum atomic E-state index is -0.765. The van der Waals surface area contributed by atoms with Crippen molar-refractivity contribution in [3.63, 3.8) is 0 Å². The number of aromatic nitrogens is 3. The molecule has 0 N–H and O–H groups in total. The van der Waals surface area contributed by atoms with Gasteiger partial charge in [-0.2, -0.15) is 0 Å². The third-order valence-electron chi connectivity index (χ3n) is 1.92. The maximum atomic E-state index is 11.0. The van der Waals surface area contributed by atoms with E-state index in [9.17, 15) is 4.79 Å². The summed E-state index contributed by atoms with van der Waals surface area (Å²) in [4.78, 5) is 19.1. The summed E-state index contributed by atoms with van der Waals surface area (Å²) in [7, 11) is 0. The van der Waals surface area contributed by atoms with Gasteiger partial charge in [0.25, 0.3) is 0 Å². The SMILES string of the molecule is CCOC(=O)Oc1cn(-c2ccccn2)cn1. The Morgan fingerprint density at radius 3 is 3.00 bits per heavy atom. The summed E-state index contributed by atoms with van der Waals surface area (Å²) in [5, 5.41) is 0. The summed E-state index contributed by atoms with van der Waals surface area (Å²) < 4.78 is 11.1. The molecular weight excluding hydrogens is 222 g/mol. The standard InChI is InChI=1S/C11H11N3O3/c1-2-16-11(15)17-10-7-14(8-13-10)9-5-3-4-6-12-9/h3-8H,2H2,1H3. The fourth-order valence-electron chi connectivity index (χ4n) is 1.22. The van der Waals surface area contributed by atoms with Crippen molar-refractivity contribution in [1.82, 2.24) is 14.5 Å². The number of ether oxygens (including phenoxy) is 2. The first-order valence-corrected chi connectivity index (χ1v) is 5.09. The van der Waals surface area contributed by atoms with Crippen LogP contribution in [0.3, 0.4) is 0 Å². The van der Waals surface area contributed by atoms with Crippen molar-refractivity contribution in [2.45, 2.75) is 6.92 Å². The van der Waals surface area contributed by atoms with Crippen molar-refractivity contribution < 1.29 is 14.3 Å². The van der Waals surface area contributed by atoms with Crippen LogP contribution in [0, 0.1) is 0 Å². The summed E-state index contributed by atoms with van der Waals surface area (Å²) >= 11 is 0. The second-order valence-electron chi connectivity index (χ2n) is 3.09. The lowest BCUT2D eigenvalue weighted by molar-refractivity contribution is 0.103. The van der Waals surface area contributed by atoms with Crippen LogP contribution >= 0.6 is 0 Å². The van der Waals surface area contributed by atoms with Crippen molar-refractivity contribution in [2.75, 3.05) is 6.61 Å². The fraction of sp³-hybridized carbons (Fsp3) is 0.182. The van der Waals surface area contributed by atoms with E-state index in [1.54, 1.807) is 23.9 Å². The summed E-state index contributed by atoms with van der Waals surface area (Å²) in [5.74, 6) is 0.868. The van der Waals surface area contributed by atoms with E-state index in [1.807, 2.05) is 18.2 Å². The van der Waals surface area contributed by atoms with Crippen molar-refractivity contribution in [1.29, 1.82) is 0 Å². The molecule has 2 heterocycles. The summed E-state index contributed by atoms with van der Waals surface area (Å²) in [6.07, 6.45) is 3.97. The lowest BCUT2D eigenvalue weighted by Crippen LogP contribution is -2.10. The first-order valence-electron chi connectivity index (χ1n) is 5.09. The Balaban J connectivity index is 2.09. The topological polar surface area (TPSA) is 66.2 Å². The molecule has 0 saturated carbocycles. The second kappa shape index (κ2) is 5.11. The molecule has 0 aliphatic rings. The summed E-state index contributed by atoms with van der Waals surface area (Å²) in [6.45, 7) is 1.97. The van der Waals surface area contributed by atoms with Gasteiger partial charge in [0.15, 0.2) is 0 Å². The average Bonchev–Trinajstić information content (AvgIpc) is 2.79. The Bertz CT molecular complexity index is 496. The number of hydrogen-bond donors (Lipinski definition) is 0. The van der Waals surface area contributed by atoms with Crippen LogP contribution in [0.5, 0.6) is 5.88 Å². The fourth-order valence-corrected chi connectivity index (χ4v) is 1.22. The first kappa shape index (κ1) is 11.1. The van der Waals surface area contributed by atoms with E-state index in [0.29, 0.717) is 5.82 Å². The minimum absolute atomic E-state index is 0.175. The molecule has 0 spiro atoms. The predicted molar refractivity (Wildman–Crippen MR) is 59.0 cm³/mol. The molecule has 0 radical (unpaired) electrons. The van der Waals surface area contributed by atoms with E-state index in [2.05, 4.69) is 14.7 Å². The van der Waals surface area contributed by atoms with Crippen molar-refractivity contribution in [3.05, 3.63) is 36.9 Å². The zero-order valence-corrected chi connectivity index (χ0v) is 9.24. The van der Waals surface area contributed by atoms with E-state index < -0.39 is 6.16 Å². The van der Waals surface area contributed by atoms with Gasteiger partial charge in [0.2, 0.25) is 5.88 Å². The van der Waals surface area contributed by atoms with E-state index >= 15 is 0 Å². The van der Waals surface area contributed by atoms with Crippen LogP contribution in [0.25, 0.3) is 5.82 Å². The van der Waals surface area contributed by atoms with Gasteiger partial charge in [-0.25, -0.2) is 14.8 Å². The Labute approximate surface area is 97.8 Å². The highest BCUT2D eigenvalue weighted by atomic mass is 16.7. The molecule has 6 heteroatoms. The number of imidazole rings is 1. The number of carbonyl (C=O) groups is 1. The molecule has 0 saturated heterocycles. The van der Waals surface area contributed by atoms with Gasteiger partial charge in [0, 0.05) is 6.20 Å². The summed E-state index contributed by atoms with van der Waals surface area (Å²) in [6, 6.07) is 5.49. The molecule has 0 unspecified atom stereocenters. The molecular formula is C11H11N3O3. The van der Waals surface area contributed by atoms with Crippen LogP contribution in [0.15, 0.2) is 36.9 Å². The highest BCUT2D eigenvalue weighted by Gasteiger charge is 2.08. The van der Waals surface area contributed by atoms with E-state index in [0.717, 1.165) is 0 Å². The van der Waals surface area contributed by atoms with Crippen LogP contribution < -0.4 is 4.74 Å². The molecule has 2 aromatic heterocycles. The Hall–Kier alpha value is -2.37. The first-order chi connectivity index (χ1) is 8.29. The molecule has 88 valence electrons.